The Morgan fingerprint density at radius 2 is 2.20 bits per heavy atom. The van der Waals surface area contributed by atoms with Gasteiger partial charge in [-0.05, 0) is 12.5 Å². The van der Waals surface area contributed by atoms with E-state index in [1.165, 1.54) is 6.08 Å². The quantitative estimate of drug-likeness (QED) is 0.267. The molecule has 56 valence electrons. The molecule has 0 aliphatic rings. The Morgan fingerprint density at radius 3 is 2.70 bits per heavy atom. The number of nitrogens with one attached hydrogen (secondary N) is 1. The Morgan fingerprint density at radius 1 is 1.50 bits per heavy atom. The summed E-state index contributed by atoms with van der Waals surface area (Å²) in [5.74, 6) is -0.147. The molecule has 0 saturated carbocycles. The van der Waals surface area contributed by atoms with Crippen molar-refractivity contribution in [3.05, 3.63) is 12.2 Å². The monoisotopic (exact) mass is 253 g/mol. The summed E-state index contributed by atoms with van der Waals surface area (Å²) >= 11 is 1.75. The summed E-state index contributed by atoms with van der Waals surface area (Å²) < 4.78 is 2.40. The van der Waals surface area contributed by atoms with Crippen LogP contribution in [0.15, 0.2) is 12.2 Å². The van der Waals surface area contributed by atoms with Crippen molar-refractivity contribution in [3.63, 3.8) is 0 Å². The molecule has 0 aromatic heterocycles. The van der Waals surface area contributed by atoms with Gasteiger partial charge in [0, 0.05) is 6.42 Å². The van der Waals surface area contributed by atoms with Crippen LogP contribution in [0.1, 0.15) is 12.8 Å². The second-order valence-electron chi connectivity index (χ2n) is 1.61. The normalized spacial score (nSPS) is 9.70. The molecule has 1 N–H and O–H groups in total. The highest BCUT2D eigenvalue weighted by Crippen LogP contribution is 1.86. The number of allylic oxidation sites excluding steroid dienone is 1. The van der Waals surface area contributed by atoms with E-state index in [4.69, 9.17) is 0 Å². The lowest BCUT2D eigenvalue weighted by molar-refractivity contribution is -0.114. The highest BCUT2D eigenvalue weighted by Gasteiger charge is 1.86. The number of carbonyl (C=O) groups excluding carboxylic acids is 2. The Balaban J connectivity index is 3.35. The molecule has 0 rings (SSSR count). The molecule has 0 bridgehead atoms. The van der Waals surface area contributed by atoms with Crippen molar-refractivity contribution in [1.82, 2.24) is 3.53 Å². The van der Waals surface area contributed by atoms with Crippen LogP contribution in [-0.4, -0.2) is 12.2 Å². The van der Waals surface area contributed by atoms with E-state index in [2.05, 4.69) is 3.53 Å². The van der Waals surface area contributed by atoms with E-state index in [1.807, 2.05) is 0 Å². The molecule has 0 fully saturated rings. The fourth-order valence-electron chi connectivity index (χ4n) is 0.386. The fraction of sp³-hybridized carbons (Fsp3) is 0.333. The third-order valence-corrected chi connectivity index (χ3v) is 1.35. The van der Waals surface area contributed by atoms with Gasteiger partial charge in [0.15, 0.2) is 0 Å². The molecule has 0 radical (unpaired) electrons. The lowest BCUT2D eigenvalue weighted by Crippen LogP contribution is -2.06. The summed E-state index contributed by atoms with van der Waals surface area (Å²) in [6.45, 7) is 0. The Bertz CT molecular complexity index is 145. The second-order valence-corrected chi connectivity index (χ2v) is 2.14. The van der Waals surface area contributed by atoms with Crippen molar-refractivity contribution < 1.29 is 9.59 Å². The summed E-state index contributed by atoms with van der Waals surface area (Å²) in [4.78, 5) is 20.3. The average Bonchev–Trinajstić information content (AvgIpc) is 1.98. The molecule has 4 heteroatoms. The van der Waals surface area contributed by atoms with Crippen LogP contribution < -0.4 is 3.53 Å². The third kappa shape index (κ3) is 5.74. The number of amides is 1. The van der Waals surface area contributed by atoms with Crippen LogP contribution in [0, 0.1) is 0 Å². The molecular formula is C6H8INO2. The second kappa shape index (κ2) is 6.73. The van der Waals surface area contributed by atoms with Crippen LogP contribution in [0.2, 0.25) is 0 Å². The first kappa shape index (κ1) is 9.61. The predicted octanol–water partition coefficient (Wildman–Crippen LogP) is 0.988. The molecule has 0 aliphatic heterocycles. The summed E-state index contributed by atoms with van der Waals surface area (Å²) in [5, 5.41) is 0. The van der Waals surface area contributed by atoms with Gasteiger partial charge in [0.2, 0.25) is 0 Å². The van der Waals surface area contributed by atoms with Crippen LogP contribution in [0.4, 0.5) is 0 Å². The maximum Gasteiger partial charge on any atom is 0.252 e. The largest absolute Gasteiger partial charge is 0.303 e. The van der Waals surface area contributed by atoms with Gasteiger partial charge in [0.25, 0.3) is 5.91 Å². The Hall–Kier alpha value is -0.390. The molecule has 10 heavy (non-hydrogen) atoms. The number of rotatable bonds is 4. The van der Waals surface area contributed by atoms with E-state index in [0.29, 0.717) is 12.8 Å². The van der Waals surface area contributed by atoms with Crippen LogP contribution in [0.5, 0.6) is 0 Å². The molecule has 1 amide bonds. The van der Waals surface area contributed by atoms with E-state index in [-0.39, 0.29) is 5.91 Å². The summed E-state index contributed by atoms with van der Waals surface area (Å²) in [5.41, 5.74) is 0. The van der Waals surface area contributed by atoms with Gasteiger partial charge < -0.3 is 4.79 Å². The van der Waals surface area contributed by atoms with Crippen LogP contribution in [0.25, 0.3) is 0 Å². The molecule has 3 nitrogen and oxygen atoms in total. The summed E-state index contributed by atoms with van der Waals surface area (Å²) in [6.07, 6.45) is 5.02. The molecule has 0 aromatic carbocycles. The zero-order valence-corrected chi connectivity index (χ0v) is 7.50. The molecule has 0 aliphatic carbocycles. The van der Waals surface area contributed by atoms with Crippen LogP contribution in [-0.2, 0) is 9.59 Å². The van der Waals surface area contributed by atoms with Crippen molar-refractivity contribution in [2.75, 3.05) is 0 Å². The highest BCUT2D eigenvalue weighted by atomic mass is 127. The maximum atomic E-state index is 10.5. The van der Waals surface area contributed by atoms with E-state index in [1.54, 1.807) is 28.9 Å². The Labute approximate surface area is 73.4 Å². The first-order chi connectivity index (χ1) is 4.81. The smallest absolute Gasteiger partial charge is 0.252 e. The zero-order valence-electron chi connectivity index (χ0n) is 5.34. The molecule has 0 spiro atoms. The fourth-order valence-corrected chi connectivity index (χ4v) is 0.566. The van der Waals surface area contributed by atoms with Crippen LogP contribution in [0.3, 0.4) is 0 Å². The zero-order chi connectivity index (χ0) is 7.82. The number of aldehydes is 1. The number of unbranched alkanes of at least 4 members (excludes halogenated alkanes) is 1. The minimum atomic E-state index is -0.147. The average molecular weight is 253 g/mol. The minimum absolute atomic E-state index is 0.147. The first-order valence-electron chi connectivity index (χ1n) is 2.82. The number of hydrogen-bond donors (Lipinski definition) is 1. The topological polar surface area (TPSA) is 46.2 Å². The van der Waals surface area contributed by atoms with Crippen molar-refractivity contribution in [3.8, 4) is 0 Å². The van der Waals surface area contributed by atoms with E-state index < -0.39 is 0 Å². The minimum Gasteiger partial charge on any atom is -0.303 e. The third-order valence-electron chi connectivity index (χ3n) is 0.814. The molecular weight excluding hydrogens is 245 g/mol. The van der Waals surface area contributed by atoms with Gasteiger partial charge in [0.1, 0.15) is 6.29 Å². The molecule has 0 atom stereocenters. The van der Waals surface area contributed by atoms with Gasteiger partial charge in [-0.3, -0.25) is 8.32 Å². The van der Waals surface area contributed by atoms with Crippen molar-refractivity contribution in [2.45, 2.75) is 12.8 Å². The number of carbonyl (C=O) groups is 2. The molecule has 0 saturated heterocycles. The molecule has 0 aromatic rings. The van der Waals surface area contributed by atoms with Crippen molar-refractivity contribution in [1.29, 1.82) is 0 Å². The van der Waals surface area contributed by atoms with Gasteiger partial charge in [-0.2, -0.15) is 0 Å². The van der Waals surface area contributed by atoms with Crippen LogP contribution >= 0.6 is 22.9 Å². The summed E-state index contributed by atoms with van der Waals surface area (Å²) in [6, 6.07) is 0. The van der Waals surface area contributed by atoms with Gasteiger partial charge in [-0.1, -0.05) is 6.08 Å². The summed E-state index contributed by atoms with van der Waals surface area (Å²) in [7, 11) is 0. The Kier molecular flexibility index (Phi) is 6.46. The lowest BCUT2D eigenvalue weighted by Gasteiger charge is -1.85. The predicted molar refractivity (Wildman–Crippen MR) is 46.6 cm³/mol. The van der Waals surface area contributed by atoms with Crippen molar-refractivity contribution in [2.24, 2.45) is 0 Å². The highest BCUT2D eigenvalue weighted by molar-refractivity contribution is 14.1. The van der Waals surface area contributed by atoms with Gasteiger partial charge in [-0.25, -0.2) is 0 Å². The molecule has 0 heterocycles. The SMILES string of the molecule is O=CCC/C=C/C(=O)NI. The van der Waals surface area contributed by atoms with Gasteiger partial charge >= 0.3 is 0 Å². The van der Waals surface area contributed by atoms with E-state index >= 15 is 0 Å². The van der Waals surface area contributed by atoms with Gasteiger partial charge in [-0.15, -0.1) is 0 Å². The number of halogens is 1. The molecule has 0 unspecified atom stereocenters. The van der Waals surface area contributed by atoms with E-state index in [9.17, 15) is 9.59 Å². The van der Waals surface area contributed by atoms with Crippen molar-refractivity contribution >= 4 is 35.1 Å². The first-order valence-corrected chi connectivity index (χ1v) is 3.90. The maximum absolute atomic E-state index is 10.5. The van der Waals surface area contributed by atoms with Gasteiger partial charge in [0.05, 0.1) is 22.9 Å². The standard InChI is InChI=1S/C6H8INO2/c7-8-6(10)4-2-1-3-5-9/h2,4-5H,1,3H2,(H,8,10)/b4-2+. The number of hydrogen-bond acceptors (Lipinski definition) is 2. The lowest BCUT2D eigenvalue weighted by atomic mass is 10.3. The van der Waals surface area contributed by atoms with E-state index in [0.717, 1.165) is 6.29 Å².